The minimum Gasteiger partial charge on any atom is -0.356 e. The van der Waals surface area contributed by atoms with Crippen LogP contribution >= 0.6 is 11.3 Å². The van der Waals surface area contributed by atoms with Crippen molar-refractivity contribution < 1.29 is 4.79 Å². The lowest BCUT2D eigenvalue weighted by Gasteiger charge is -1.97. The van der Waals surface area contributed by atoms with Crippen LogP contribution in [0.25, 0.3) is 0 Å². The molecule has 1 rings (SSSR count). The summed E-state index contributed by atoms with van der Waals surface area (Å²) in [5.74, 6) is 0.0141. The molecule has 4 heteroatoms. The van der Waals surface area contributed by atoms with E-state index in [1.54, 1.807) is 16.8 Å². The first-order chi connectivity index (χ1) is 5.29. The molecule has 1 amide bonds. The summed E-state index contributed by atoms with van der Waals surface area (Å²) in [5, 5.41) is 4.70. The molecule has 1 N–H and O–H groups in total. The Labute approximate surface area is 69.5 Å². The van der Waals surface area contributed by atoms with Gasteiger partial charge < -0.3 is 5.32 Å². The van der Waals surface area contributed by atoms with Crippen molar-refractivity contribution in [1.82, 2.24) is 10.3 Å². The predicted molar refractivity (Wildman–Crippen MR) is 44.5 cm³/mol. The molecule has 0 aliphatic heterocycles. The van der Waals surface area contributed by atoms with Gasteiger partial charge in [0.1, 0.15) is 0 Å². The number of aromatic nitrogens is 1. The van der Waals surface area contributed by atoms with Crippen LogP contribution in [0.2, 0.25) is 0 Å². The summed E-state index contributed by atoms with van der Waals surface area (Å²) < 4.78 is 0. The highest BCUT2D eigenvalue weighted by Crippen LogP contribution is 2.00. The highest BCUT2D eigenvalue weighted by atomic mass is 32.1. The van der Waals surface area contributed by atoms with Crippen molar-refractivity contribution in [1.29, 1.82) is 0 Å². The molecule has 0 atom stereocenters. The Morgan fingerprint density at radius 1 is 1.82 bits per heavy atom. The van der Waals surface area contributed by atoms with E-state index in [1.165, 1.54) is 6.92 Å². The second-order valence-electron chi connectivity index (χ2n) is 2.21. The number of hydrogen-bond donors (Lipinski definition) is 1. The zero-order valence-corrected chi connectivity index (χ0v) is 7.15. The number of carbonyl (C=O) groups excluding carboxylic acids is 1. The topological polar surface area (TPSA) is 42.0 Å². The Hall–Kier alpha value is -0.900. The summed E-state index contributed by atoms with van der Waals surface area (Å²) in [4.78, 5) is 14.5. The summed E-state index contributed by atoms with van der Waals surface area (Å²) in [6.45, 7) is 2.19. The van der Waals surface area contributed by atoms with Gasteiger partial charge in [-0.1, -0.05) is 0 Å². The predicted octanol–water partition coefficient (Wildman–Crippen LogP) is 0.822. The van der Waals surface area contributed by atoms with Crippen LogP contribution < -0.4 is 5.32 Å². The summed E-state index contributed by atoms with van der Waals surface area (Å²) >= 11 is 1.57. The lowest BCUT2D eigenvalue weighted by molar-refractivity contribution is -0.118. The molecule has 0 radical (unpaired) electrons. The van der Waals surface area contributed by atoms with Crippen LogP contribution in [0, 0.1) is 0 Å². The molecule has 0 bridgehead atoms. The van der Waals surface area contributed by atoms with Crippen molar-refractivity contribution in [2.24, 2.45) is 0 Å². The van der Waals surface area contributed by atoms with Crippen LogP contribution in [-0.2, 0) is 11.2 Å². The average Bonchev–Trinajstić information content (AvgIpc) is 2.39. The van der Waals surface area contributed by atoms with Crippen LogP contribution in [0.1, 0.15) is 12.6 Å². The third kappa shape index (κ3) is 3.13. The zero-order chi connectivity index (χ0) is 8.10. The summed E-state index contributed by atoms with van der Waals surface area (Å²) in [6.07, 6.45) is 0.823. The van der Waals surface area contributed by atoms with Gasteiger partial charge in [-0.3, -0.25) is 4.79 Å². The molecule has 0 aromatic carbocycles. The molecule has 60 valence electrons. The molecule has 0 unspecified atom stereocenters. The summed E-state index contributed by atoms with van der Waals surface area (Å²) in [5.41, 5.74) is 2.84. The Balaban J connectivity index is 2.19. The van der Waals surface area contributed by atoms with E-state index in [0.717, 1.165) is 12.1 Å². The highest BCUT2D eigenvalue weighted by Gasteiger charge is 1.94. The molecule has 1 aromatic rings. The number of nitrogens with zero attached hydrogens (tertiary/aromatic N) is 1. The van der Waals surface area contributed by atoms with Crippen molar-refractivity contribution >= 4 is 17.2 Å². The molecular weight excluding hydrogens is 160 g/mol. The van der Waals surface area contributed by atoms with Gasteiger partial charge in [0.2, 0.25) is 5.91 Å². The van der Waals surface area contributed by atoms with Gasteiger partial charge in [-0.25, -0.2) is 4.98 Å². The maximum absolute atomic E-state index is 10.4. The van der Waals surface area contributed by atoms with Crippen molar-refractivity contribution in [2.45, 2.75) is 13.3 Å². The zero-order valence-electron chi connectivity index (χ0n) is 6.33. The molecular formula is C7H10N2OS. The lowest BCUT2D eigenvalue weighted by Crippen LogP contribution is -2.22. The number of amides is 1. The number of hydrogen-bond acceptors (Lipinski definition) is 3. The van der Waals surface area contributed by atoms with Crippen molar-refractivity contribution in [3.05, 3.63) is 16.6 Å². The normalized spacial score (nSPS) is 9.55. The van der Waals surface area contributed by atoms with Gasteiger partial charge in [0.05, 0.1) is 11.2 Å². The summed E-state index contributed by atoms with van der Waals surface area (Å²) in [6, 6.07) is 0. The second-order valence-corrected chi connectivity index (χ2v) is 2.93. The minimum absolute atomic E-state index is 0.0141. The molecule has 1 aromatic heterocycles. The van der Waals surface area contributed by atoms with E-state index in [9.17, 15) is 4.79 Å². The molecule has 0 saturated carbocycles. The maximum Gasteiger partial charge on any atom is 0.216 e. The van der Waals surface area contributed by atoms with E-state index >= 15 is 0 Å². The fourth-order valence-electron chi connectivity index (χ4n) is 0.728. The first-order valence-electron chi connectivity index (χ1n) is 3.40. The van der Waals surface area contributed by atoms with Gasteiger partial charge in [-0.2, -0.15) is 0 Å². The van der Waals surface area contributed by atoms with Crippen LogP contribution in [0.15, 0.2) is 10.9 Å². The highest BCUT2D eigenvalue weighted by molar-refractivity contribution is 7.07. The van der Waals surface area contributed by atoms with E-state index in [2.05, 4.69) is 10.3 Å². The second kappa shape index (κ2) is 4.08. The fraction of sp³-hybridized carbons (Fsp3) is 0.429. The number of rotatable bonds is 3. The van der Waals surface area contributed by atoms with E-state index in [1.807, 2.05) is 5.38 Å². The number of thiazole rings is 1. The van der Waals surface area contributed by atoms with Gasteiger partial charge in [-0.15, -0.1) is 11.3 Å². The van der Waals surface area contributed by atoms with Crippen LogP contribution in [0.4, 0.5) is 0 Å². The number of carbonyl (C=O) groups is 1. The van der Waals surface area contributed by atoms with Gasteiger partial charge >= 0.3 is 0 Å². The Bertz CT molecular complexity index is 220. The first-order valence-corrected chi connectivity index (χ1v) is 4.35. The monoisotopic (exact) mass is 170 g/mol. The Morgan fingerprint density at radius 2 is 2.64 bits per heavy atom. The van der Waals surface area contributed by atoms with E-state index in [0.29, 0.717) is 6.54 Å². The standard InChI is InChI=1S/C7H10N2OS/c1-6(10)8-3-2-7-4-11-5-9-7/h4-5H,2-3H2,1H3,(H,8,10). The molecule has 0 aliphatic rings. The maximum atomic E-state index is 10.4. The molecule has 0 aliphatic carbocycles. The van der Waals surface area contributed by atoms with Crippen LogP contribution in [0.5, 0.6) is 0 Å². The Morgan fingerprint density at radius 3 is 3.18 bits per heavy atom. The van der Waals surface area contributed by atoms with E-state index < -0.39 is 0 Å². The van der Waals surface area contributed by atoms with Gasteiger partial charge in [0.25, 0.3) is 0 Å². The van der Waals surface area contributed by atoms with Crippen molar-refractivity contribution in [3.63, 3.8) is 0 Å². The SMILES string of the molecule is CC(=O)NCCc1cscn1. The largest absolute Gasteiger partial charge is 0.356 e. The molecule has 0 saturated heterocycles. The molecule has 11 heavy (non-hydrogen) atoms. The van der Waals surface area contributed by atoms with Gasteiger partial charge in [0, 0.05) is 25.3 Å². The minimum atomic E-state index is 0.0141. The van der Waals surface area contributed by atoms with Crippen molar-refractivity contribution in [3.8, 4) is 0 Å². The molecule has 3 nitrogen and oxygen atoms in total. The van der Waals surface area contributed by atoms with Gasteiger partial charge in [0.15, 0.2) is 0 Å². The van der Waals surface area contributed by atoms with Gasteiger partial charge in [-0.05, 0) is 0 Å². The van der Waals surface area contributed by atoms with E-state index in [4.69, 9.17) is 0 Å². The lowest BCUT2D eigenvalue weighted by atomic mass is 10.3. The molecule has 0 spiro atoms. The molecule has 1 heterocycles. The molecule has 0 fully saturated rings. The summed E-state index contributed by atoms with van der Waals surface area (Å²) in [7, 11) is 0. The van der Waals surface area contributed by atoms with E-state index in [-0.39, 0.29) is 5.91 Å². The quantitative estimate of drug-likeness (QED) is 0.729. The third-order valence-electron chi connectivity index (χ3n) is 1.24. The fourth-order valence-corrected chi connectivity index (χ4v) is 1.32. The smallest absolute Gasteiger partial charge is 0.216 e. The van der Waals surface area contributed by atoms with Crippen LogP contribution in [0.3, 0.4) is 0 Å². The van der Waals surface area contributed by atoms with Crippen molar-refractivity contribution in [2.75, 3.05) is 6.54 Å². The number of nitrogens with one attached hydrogen (secondary N) is 1. The third-order valence-corrected chi connectivity index (χ3v) is 1.87. The van der Waals surface area contributed by atoms with Crippen LogP contribution in [-0.4, -0.2) is 17.4 Å². The first kappa shape index (κ1) is 8.20. The average molecular weight is 170 g/mol. The Kier molecular flexibility index (Phi) is 3.04.